The van der Waals surface area contributed by atoms with Gasteiger partial charge in [-0.25, -0.2) is 4.79 Å². The second kappa shape index (κ2) is 6.27. The summed E-state index contributed by atoms with van der Waals surface area (Å²) in [5, 5.41) is 2.79. The summed E-state index contributed by atoms with van der Waals surface area (Å²) in [6.45, 7) is 6.41. The molecular formula is C16H23NO3. The lowest BCUT2D eigenvalue weighted by Crippen LogP contribution is -2.46. The van der Waals surface area contributed by atoms with Gasteiger partial charge in [-0.05, 0) is 26.3 Å². The Kier molecular flexibility index (Phi) is 4.65. The summed E-state index contributed by atoms with van der Waals surface area (Å²) in [5.41, 5.74) is 0.909. The molecule has 20 heavy (non-hydrogen) atoms. The molecule has 2 rings (SSSR count). The molecule has 0 bridgehead atoms. The number of hydrogen-bond donors (Lipinski definition) is 1. The Hall–Kier alpha value is -1.55. The molecule has 1 fully saturated rings. The van der Waals surface area contributed by atoms with E-state index in [2.05, 4.69) is 5.32 Å². The minimum absolute atomic E-state index is 0.0156. The van der Waals surface area contributed by atoms with Crippen LogP contribution in [-0.4, -0.2) is 23.8 Å². The summed E-state index contributed by atoms with van der Waals surface area (Å²) in [5.74, 6) is 0. The van der Waals surface area contributed by atoms with Crippen molar-refractivity contribution < 1.29 is 14.3 Å². The summed E-state index contributed by atoms with van der Waals surface area (Å²) in [7, 11) is 0. The van der Waals surface area contributed by atoms with Gasteiger partial charge in [-0.2, -0.15) is 0 Å². The lowest BCUT2D eigenvalue weighted by Gasteiger charge is -2.35. The number of alkyl carbamates (subject to hydrolysis) is 1. The van der Waals surface area contributed by atoms with Crippen LogP contribution in [0.2, 0.25) is 0 Å². The number of hydrogen-bond acceptors (Lipinski definition) is 3. The van der Waals surface area contributed by atoms with Crippen molar-refractivity contribution in [3.63, 3.8) is 0 Å². The van der Waals surface area contributed by atoms with Crippen LogP contribution in [0.3, 0.4) is 0 Å². The van der Waals surface area contributed by atoms with Crippen molar-refractivity contribution in [1.82, 2.24) is 5.32 Å². The Morgan fingerprint density at radius 2 is 1.85 bits per heavy atom. The van der Waals surface area contributed by atoms with Gasteiger partial charge in [0, 0.05) is 18.4 Å². The third-order valence-corrected chi connectivity index (χ3v) is 3.13. The van der Waals surface area contributed by atoms with Gasteiger partial charge in [-0.15, -0.1) is 0 Å². The standard InChI is InChI=1S/C16H23NO3/c1-16(2,3)17-15(18)20-14-9-13(10-14)19-11-12-7-5-4-6-8-12/h4-8,13-14H,9-11H2,1-3H3,(H,17,18). The molecule has 0 atom stereocenters. The van der Waals surface area contributed by atoms with Crippen LogP contribution in [0.25, 0.3) is 0 Å². The minimum atomic E-state index is -0.344. The highest BCUT2D eigenvalue weighted by Gasteiger charge is 2.33. The second-order valence-corrected chi connectivity index (χ2v) is 6.29. The quantitative estimate of drug-likeness (QED) is 0.919. The van der Waals surface area contributed by atoms with E-state index in [0.29, 0.717) is 6.61 Å². The number of ether oxygens (including phenoxy) is 2. The van der Waals surface area contributed by atoms with Crippen LogP contribution in [0.1, 0.15) is 39.2 Å². The fourth-order valence-corrected chi connectivity index (χ4v) is 2.03. The van der Waals surface area contributed by atoms with E-state index in [9.17, 15) is 4.79 Å². The molecule has 4 nitrogen and oxygen atoms in total. The molecule has 110 valence electrons. The maximum atomic E-state index is 11.6. The maximum Gasteiger partial charge on any atom is 0.407 e. The summed E-state index contributed by atoms with van der Waals surface area (Å²) in [4.78, 5) is 11.6. The molecule has 1 aliphatic rings. The third kappa shape index (κ3) is 4.85. The van der Waals surface area contributed by atoms with E-state index in [1.807, 2.05) is 51.1 Å². The van der Waals surface area contributed by atoms with Crippen molar-refractivity contribution in [2.75, 3.05) is 0 Å². The minimum Gasteiger partial charge on any atom is -0.446 e. The Morgan fingerprint density at radius 1 is 1.20 bits per heavy atom. The van der Waals surface area contributed by atoms with Crippen LogP contribution in [0.5, 0.6) is 0 Å². The first kappa shape index (κ1) is 14.9. The predicted molar refractivity (Wildman–Crippen MR) is 77.4 cm³/mol. The number of carbonyl (C=O) groups excluding carboxylic acids is 1. The van der Waals surface area contributed by atoms with Gasteiger partial charge in [0.25, 0.3) is 0 Å². The largest absolute Gasteiger partial charge is 0.446 e. The molecule has 0 aliphatic heterocycles. The molecular weight excluding hydrogens is 254 g/mol. The second-order valence-electron chi connectivity index (χ2n) is 6.29. The van der Waals surface area contributed by atoms with E-state index in [-0.39, 0.29) is 23.8 Å². The molecule has 0 unspecified atom stereocenters. The summed E-state index contributed by atoms with van der Waals surface area (Å²) < 4.78 is 11.1. The van der Waals surface area contributed by atoms with Gasteiger partial charge in [0.15, 0.2) is 0 Å². The van der Waals surface area contributed by atoms with E-state index in [0.717, 1.165) is 12.8 Å². The van der Waals surface area contributed by atoms with Gasteiger partial charge in [-0.1, -0.05) is 30.3 Å². The van der Waals surface area contributed by atoms with Crippen LogP contribution >= 0.6 is 0 Å². The first-order valence-electron chi connectivity index (χ1n) is 7.07. The van der Waals surface area contributed by atoms with Crippen LogP contribution in [0.15, 0.2) is 30.3 Å². The fraction of sp³-hybridized carbons (Fsp3) is 0.562. The number of benzene rings is 1. The van der Waals surface area contributed by atoms with Crippen LogP contribution in [-0.2, 0) is 16.1 Å². The van der Waals surface area contributed by atoms with Crippen molar-refractivity contribution >= 4 is 6.09 Å². The Morgan fingerprint density at radius 3 is 2.45 bits per heavy atom. The molecule has 1 amide bonds. The molecule has 0 radical (unpaired) electrons. The van der Waals surface area contributed by atoms with Gasteiger partial charge in [0.1, 0.15) is 6.10 Å². The SMILES string of the molecule is CC(C)(C)NC(=O)OC1CC(OCc2ccccc2)C1. The smallest absolute Gasteiger partial charge is 0.407 e. The Balaban J connectivity index is 1.62. The number of rotatable bonds is 4. The Labute approximate surface area is 120 Å². The maximum absolute atomic E-state index is 11.6. The highest BCUT2D eigenvalue weighted by Crippen LogP contribution is 2.27. The van der Waals surface area contributed by atoms with E-state index >= 15 is 0 Å². The van der Waals surface area contributed by atoms with Gasteiger partial charge in [0.05, 0.1) is 12.7 Å². The predicted octanol–water partition coefficient (Wildman–Crippen LogP) is 3.26. The molecule has 4 heteroatoms. The summed E-state index contributed by atoms with van der Waals surface area (Å²) >= 11 is 0. The Bertz CT molecular complexity index is 433. The van der Waals surface area contributed by atoms with Crippen LogP contribution in [0.4, 0.5) is 4.79 Å². The number of amides is 1. The highest BCUT2D eigenvalue weighted by molar-refractivity contribution is 5.68. The first-order valence-corrected chi connectivity index (χ1v) is 7.07. The monoisotopic (exact) mass is 277 g/mol. The number of nitrogens with one attached hydrogen (secondary N) is 1. The van der Waals surface area contributed by atoms with E-state index in [4.69, 9.17) is 9.47 Å². The van der Waals surface area contributed by atoms with Gasteiger partial charge < -0.3 is 14.8 Å². The molecule has 0 aromatic heterocycles. The lowest BCUT2D eigenvalue weighted by molar-refractivity contribution is -0.0822. The van der Waals surface area contributed by atoms with Crippen molar-refractivity contribution in [2.45, 2.75) is 58.0 Å². The van der Waals surface area contributed by atoms with Crippen LogP contribution in [0, 0.1) is 0 Å². The zero-order chi connectivity index (χ0) is 14.6. The summed E-state index contributed by atoms with van der Waals surface area (Å²) in [6.07, 6.45) is 1.40. The van der Waals surface area contributed by atoms with Crippen LogP contribution < -0.4 is 5.32 Å². The van der Waals surface area contributed by atoms with Gasteiger partial charge in [0.2, 0.25) is 0 Å². The molecule has 1 aliphatic carbocycles. The molecule has 0 heterocycles. The molecule has 1 N–H and O–H groups in total. The average Bonchev–Trinajstić information content (AvgIpc) is 2.31. The van der Waals surface area contributed by atoms with Crippen molar-refractivity contribution in [1.29, 1.82) is 0 Å². The average molecular weight is 277 g/mol. The normalized spacial score (nSPS) is 21.9. The van der Waals surface area contributed by atoms with Gasteiger partial charge in [-0.3, -0.25) is 0 Å². The molecule has 0 spiro atoms. The lowest BCUT2D eigenvalue weighted by atomic mass is 9.92. The van der Waals surface area contributed by atoms with Gasteiger partial charge >= 0.3 is 6.09 Å². The zero-order valence-corrected chi connectivity index (χ0v) is 12.4. The first-order chi connectivity index (χ1) is 9.42. The molecule has 1 aromatic rings. The van der Waals surface area contributed by atoms with E-state index in [1.165, 1.54) is 5.56 Å². The van der Waals surface area contributed by atoms with E-state index in [1.54, 1.807) is 0 Å². The third-order valence-electron chi connectivity index (χ3n) is 3.13. The topological polar surface area (TPSA) is 47.6 Å². The fourth-order valence-electron chi connectivity index (χ4n) is 2.03. The highest BCUT2D eigenvalue weighted by atomic mass is 16.6. The zero-order valence-electron chi connectivity index (χ0n) is 12.4. The van der Waals surface area contributed by atoms with Crippen molar-refractivity contribution in [3.05, 3.63) is 35.9 Å². The molecule has 1 saturated carbocycles. The molecule has 0 saturated heterocycles. The summed E-state index contributed by atoms with van der Waals surface area (Å²) in [6, 6.07) is 10.1. The molecule has 1 aromatic carbocycles. The van der Waals surface area contributed by atoms with E-state index < -0.39 is 0 Å². The van der Waals surface area contributed by atoms with Crippen molar-refractivity contribution in [2.24, 2.45) is 0 Å². The van der Waals surface area contributed by atoms with Crippen molar-refractivity contribution in [3.8, 4) is 0 Å². The number of carbonyl (C=O) groups is 1.